The van der Waals surface area contributed by atoms with Gasteiger partial charge in [0, 0.05) is 5.54 Å². The first-order valence-electron chi connectivity index (χ1n) is 5.77. The number of benzene rings is 1. The maximum atomic E-state index is 12.1. The zero-order valence-corrected chi connectivity index (χ0v) is 11.9. The van der Waals surface area contributed by atoms with Crippen LogP contribution in [0, 0.1) is 0 Å². The number of amides is 2. The van der Waals surface area contributed by atoms with Crippen LogP contribution in [-0.2, 0) is 4.79 Å². The summed E-state index contributed by atoms with van der Waals surface area (Å²) in [5.74, 6) is -1.07. The number of carbonyl (C=O) groups excluding carboxylic acids is 1. The van der Waals surface area contributed by atoms with Gasteiger partial charge in [0.1, 0.15) is 6.54 Å². The van der Waals surface area contributed by atoms with Gasteiger partial charge in [-0.25, -0.2) is 4.79 Å². The number of aliphatic carboxylic acids is 1. The maximum absolute atomic E-state index is 12.1. The number of hydrogen-bond acceptors (Lipinski definition) is 2. The van der Waals surface area contributed by atoms with Crippen LogP contribution in [-0.4, -0.2) is 34.1 Å². The second-order valence-corrected chi connectivity index (χ2v) is 5.47. The number of carboxylic acid groups (broad SMARTS) is 1. The monoisotopic (exact) mass is 284 g/mol. The molecule has 0 aliphatic carbocycles. The Labute approximate surface area is 117 Å². The van der Waals surface area contributed by atoms with Crippen molar-refractivity contribution >= 4 is 29.3 Å². The highest BCUT2D eigenvalue weighted by Crippen LogP contribution is 2.22. The molecule has 5 nitrogen and oxygen atoms in total. The average Bonchev–Trinajstić information content (AvgIpc) is 2.27. The van der Waals surface area contributed by atoms with E-state index in [4.69, 9.17) is 16.7 Å². The van der Waals surface area contributed by atoms with Crippen LogP contribution in [0.2, 0.25) is 5.02 Å². The zero-order valence-electron chi connectivity index (χ0n) is 11.1. The van der Waals surface area contributed by atoms with E-state index in [0.29, 0.717) is 10.7 Å². The quantitative estimate of drug-likeness (QED) is 0.896. The molecule has 0 atom stereocenters. The largest absolute Gasteiger partial charge is 0.480 e. The van der Waals surface area contributed by atoms with Crippen molar-refractivity contribution in [1.82, 2.24) is 4.90 Å². The number of nitrogens with zero attached hydrogens (tertiary/aromatic N) is 1. The summed E-state index contributed by atoms with van der Waals surface area (Å²) < 4.78 is 0. The fourth-order valence-corrected chi connectivity index (χ4v) is 1.68. The molecule has 0 unspecified atom stereocenters. The predicted octanol–water partition coefficient (Wildman–Crippen LogP) is 3.06. The summed E-state index contributed by atoms with van der Waals surface area (Å²) in [7, 11) is 0. The van der Waals surface area contributed by atoms with Gasteiger partial charge >= 0.3 is 12.0 Å². The van der Waals surface area contributed by atoms with E-state index in [-0.39, 0.29) is 6.54 Å². The second-order valence-electron chi connectivity index (χ2n) is 5.06. The molecule has 0 radical (unpaired) electrons. The molecule has 0 aliphatic heterocycles. The van der Waals surface area contributed by atoms with Gasteiger partial charge in [-0.05, 0) is 32.9 Å². The molecular weight excluding hydrogens is 268 g/mol. The lowest BCUT2D eigenvalue weighted by atomic mass is 10.1. The van der Waals surface area contributed by atoms with Gasteiger partial charge in [-0.15, -0.1) is 0 Å². The fourth-order valence-electron chi connectivity index (χ4n) is 1.49. The van der Waals surface area contributed by atoms with E-state index >= 15 is 0 Å². The van der Waals surface area contributed by atoms with Crippen molar-refractivity contribution in [3.05, 3.63) is 29.3 Å². The standard InChI is InChI=1S/C13H17ClN2O3/c1-13(2,3)16(8-11(17)18)12(19)15-10-7-5-4-6-9(10)14/h4-7H,8H2,1-3H3,(H,15,19)(H,17,18). The van der Waals surface area contributed by atoms with Gasteiger partial charge in [0.05, 0.1) is 10.7 Å². The van der Waals surface area contributed by atoms with Gasteiger partial charge in [0.15, 0.2) is 0 Å². The molecule has 1 rings (SSSR count). The third-order valence-electron chi connectivity index (χ3n) is 2.46. The molecule has 0 saturated carbocycles. The van der Waals surface area contributed by atoms with Crippen molar-refractivity contribution in [2.75, 3.05) is 11.9 Å². The van der Waals surface area contributed by atoms with Crippen LogP contribution < -0.4 is 5.32 Å². The molecule has 0 fully saturated rings. The number of para-hydroxylation sites is 1. The van der Waals surface area contributed by atoms with Crippen LogP contribution in [0.25, 0.3) is 0 Å². The van der Waals surface area contributed by atoms with E-state index in [2.05, 4.69) is 5.32 Å². The smallest absolute Gasteiger partial charge is 0.323 e. The first-order chi connectivity index (χ1) is 8.71. The van der Waals surface area contributed by atoms with Gasteiger partial charge < -0.3 is 15.3 Å². The van der Waals surface area contributed by atoms with E-state index in [1.807, 2.05) is 0 Å². The summed E-state index contributed by atoms with van der Waals surface area (Å²) in [6.07, 6.45) is 0. The topological polar surface area (TPSA) is 69.6 Å². The van der Waals surface area contributed by atoms with E-state index < -0.39 is 17.5 Å². The molecule has 6 heteroatoms. The Kier molecular flexibility index (Phi) is 4.78. The van der Waals surface area contributed by atoms with Crippen LogP contribution in [0.3, 0.4) is 0 Å². The molecule has 0 saturated heterocycles. The Morgan fingerprint density at radius 1 is 1.32 bits per heavy atom. The van der Waals surface area contributed by atoms with E-state index in [9.17, 15) is 9.59 Å². The van der Waals surface area contributed by atoms with Crippen molar-refractivity contribution in [2.45, 2.75) is 26.3 Å². The number of nitrogens with one attached hydrogen (secondary N) is 1. The molecule has 0 aromatic heterocycles. The summed E-state index contributed by atoms with van der Waals surface area (Å²) >= 11 is 5.94. The SMILES string of the molecule is CC(C)(C)N(CC(=O)O)C(=O)Nc1ccccc1Cl. The zero-order chi connectivity index (χ0) is 14.6. The summed E-state index contributed by atoms with van der Waals surface area (Å²) in [5.41, 5.74) is -0.155. The highest BCUT2D eigenvalue weighted by molar-refractivity contribution is 6.33. The van der Waals surface area contributed by atoms with Crippen molar-refractivity contribution in [2.24, 2.45) is 0 Å². The first kappa shape index (κ1) is 15.3. The molecule has 0 heterocycles. The molecule has 0 aliphatic rings. The molecule has 1 aromatic carbocycles. The number of carbonyl (C=O) groups is 2. The van der Waals surface area contributed by atoms with Crippen molar-refractivity contribution in [3.8, 4) is 0 Å². The van der Waals surface area contributed by atoms with Gasteiger partial charge in [-0.2, -0.15) is 0 Å². The van der Waals surface area contributed by atoms with Gasteiger partial charge in [0.25, 0.3) is 0 Å². The van der Waals surface area contributed by atoms with Crippen molar-refractivity contribution in [3.63, 3.8) is 0 Å². The van der Waals surface area contributed by atoms with Crippen LogP contribution in [0.1, 0.15) is 20.8 Å². The molecule has 0 spiro atoms. The average molecular weight is 285 g/mol. The highest BCUT2D eigenvalue weighted by Gasteiger charge is 2.28. The summed E-state index contributed by atoms with van der Waals surface area (Å²) in [6.45, 7) is 4.92. The normalized spacial score (nSPS) is 10.9. The number of urea groups is 1. The first-order valence-corrected chi connectivity index (χ1v) is 6.14. The lowest BCUT2D eigenvalue weighted by Crippen LogP contribution is -2.50. The number of carboxylic acids is 1. The Morgan fingerprint density at radius 2 is 1.89 bits per heavy atom. The fraction of sp³-hybridized carbons (Fsp3) is 0.385. The Morgan fingerprint density at radius 3 is 2.37 bits per heavy atom. The Bertz CT molecular complexity index is 483. The Hall–Kier alpha value is -1.75. The maximum Gasteiger partial charge on any atom is 0.323 e. The summed E-state index contributed by atoms with van der Waals surface area (Å²) in [6, 6.07) is 6.29. The number of rotatable bonds is 3. The minimum absolute atomic E-state index is 0.375. The number of halogens is 1. The molecule has 19 heavy (non-hydrogen) atoms. The van der Waals surface area contributed by atoms with Gasteiger partial charge in [-0.1, -0.05) is 23.7 Å². The summed E-state index contributed by atoms with van der Waals surface area (Å²) in [4.78, 5) is 24.2. The number of hydrogen-bond donors (Lipinski definition) is 2. The van der Waals surface area contributed by atoms with E-state index in [1.54, 1.807) is 45.0 Å². The predicted molar refractivity (Wildman–Crippen MR) is 74.6 cm³/mol. The molecule has 0 bridgehead atoms. The van der Waals surface area contributed by atoms with E-state index in [0.717, 1.165) is 0 Å². The van der Waals surface area contributed by atoms with Crippen LogP contribution >= 0.6 is 11.6 Å². The molecule has 2 N–H and O–H groups in total. The lowest BCUT2D eigenvalue weighted by Gasteiger charge is -2.34. The number of anilines is 1. The van der Waals surface area contributed by atoms with Gasteiger partial charge in [0.2, 0.25) is 0 Å². The Balaban J connectivity index is 2.89. The van der Waals surface area contributed by atoms with Crippen molar-refractivity contribution in [1.29, 1.82) is 0 Å². The molecule has 2 amide bonds. The van der Waals surface area contributed by atoms with Gasteiger partial charge in [-0.3, -0.25) is 4.79 Å². The minimum Gasteiger partial charge on any atom is -0.480 e. The molecule has 1 aromatic rings. The van der Waals surface area contributed by atoms with Crippen LogP contribution in [0.4, 0.5) is 10.5 Å². The lowest BCUT2D eigenvalue weighted by molar-refractivity contribution is -0.138. The third-order valence-corrected chi connectivity index (χ3v) is 2.79. The second kappa shape index (κ2) is 5.93. The van der Waals surface area contributed by atoms with Crippen LogP contribution in [0.5, 0.6) is 0 Å². The molecular formula is C13H17ClN2O3. The van der Waals surface area contributed by atoms with E-state index in [1.165, 1.54) is 4.90 Å². The van der Waals surface area contributed by atoms with Crippen molar-refractivity contribution < 1.29 is 14.7 Å². The minimum atomic E-state index is -1.07. The third kappa shape index (κ3) is 4.44. The highest BCUT2D eigenvalue weighted by atomic mass is 35.5. The van der Waals surface area contributed by atoms with Crippen LogP contribution in [0.15, 0.2) is 24.3 Å². The summed E-state index contributed by atoms with van der Waals surface area (Å²) in [5, 5.41) is 11.9. The molecule has 104 valence electrons.